The fraction of sp³-hybridized carbons (Fsp3) is 0.192. The SMILES string of the molecule is O=C(/C=C/c1ccc(Oc2cccnc2)c(F)c1)N1CCC(c2nc3ccccc3o2)CC1. The molecule has 0 spiro atoms. The summed E-state index contributed by atoms with van der Waals surface area (Å²) >= 11 is 0. The van der Waals surface area contributed by atoms with E-state index in [0.717, 1.165) is 29.8 Å². The Morgan fingerprint density at radius 1 is 1.12 bits per heavy atom. The van der Waals surface area contributed by atoms with Crippen molar-refractivity contribution in [1.29, 1.82) is 0 Å². The zero-order chi connectivity index (χ0) is 22.6. The van der Waals surface area contributed by atoms with Crippen LogP contribution in [0.15, 0.2) is 77.5 Å². The molecule has 1 aliphatic rings. The van der Waals surface area contributed by atoms with Crippen molar-refractivity contribution in [3.8, 4) is 11.5 Å². The first-order valence-corrected chi connectivity index (χ1v) is 10.9. The van der Waals surface area contributed by atoms with Crippen molar-refractivity contribution in [3.05, 3.63) is 90.3 Å². The van der Waals surface area contributed by atoms with Gasteiger partial charge in [0.1, 0.15) is 11.3 Å². The number of oxazole rings is 1. The molecule has 0 N–H and O–H groups in total. The zero-order valence-corrected chi connectivity index (χ0v) is 17.9. The summed E-state index contributed by atoms with van der Waals surface area (Å²) in [5.41, 5.74) is 2.23. The second kappa shape index (κ2) is 9.24. The third-order valence-corrected chi connectivity index (χ3v) is 5.70. The number of likely N-dealkylation sites (tertiary alicyclic amines) is 1. The third kappa shape index (κ3) is 4.77. The van der Waals surface area contributed by atoms with Gasteiger partial charge in [0.05, 0.1) is 6.20 Å². The normalized spacial score (nSPS) is 14.8. The van der Waals surface area contributed by atoms with Crippen molar-refractivity contribution in [2.75, 3.05) is 13.1 Å². The van der Waals surface area contributed by atoms with Crippen molar-refractivity contribution in [2.24, 2.45) is 0 Å². The average molecular weight is 443 g/mol. The van der Waals surface area contributed by atoms with Crippen molar-refractivity contribution in [3.63, 3.8) is 0 Å². The summed E-state index contributed by atoms with van der Waals surface area (Å²) in [5.74, 6) is 0.897. The molecule has 0 saturated carbocycles. The van der Waals surface area contributed by atoms with E-state index in [1.165, 1.54) is 24.4 Å². The van der Waals surface area contributed by atoms with Gasteiger partial charge in [-0.05, 0) is 60.9 Å². The topological polar surface area (TPSA) is 68.5 Å². The molecular formula is C26H22FN3O3. The Morgan fingerprint density at radius 2 is 1.97 bits per heavy atom. The molecular weight excluding hydrogens is 421 g/mol. The van der Waals surface area contributed by atoms with Crippen LogP contribution in [-0.2, 0) is 4.79 Å². The standard InChI is InChI=1S/C26H22FN3O3/c27-21-16-18(7-9-23(21)32-20-4-3-13-28-17-20)8-10-25(31)30-14-11-19(12-15-30)26-29-22-5-1-2-6-24(22)33-26/h1-10,13,16-17,19H,11-12,14-15H2/b10-8+. The number of benzene rings is 2. The lowest BCUT2D eigenvalue weighted by Crippen LogP contribution is -2.36. The van der Waals surface area contributed by atoms with E-state index >= 15 is 0 Å². The van der Waals surface area contributed by atoms with E-state index in [2.05, 4.69) is 9.97 Å². The molecule has 166 valence electrons. The van der Waals surface area contributed by atoms with E-state index < -0.39 is 5.82 Å². The summed E-state index contributed by atoms with van der Waals surface area (Å²) < 4.78 is 25.8. The predicted octanol–water partition coefficient (Wildman–Crippen LogP) is 5.57. The Bertz CT molecular complexity index is 1260. The summed E-state index contributed by atoms with van der Waals surface area (Å²) in [6.45, 7) is 1.25. The number of ether oxygens (including phenoxy) is 1. The summed E-state index contributed by atoms with van der Waals surface area (Å²) in [6.07, 6.45) is 7.82. The molecule has 1 saturated heterocycles. The maximum atomic E-state index is 14.4. The largest absolute Gasteiger partial charge is 0.453 e. The van der Waals surface area contributed by atoms with Gasteiger partial charge in [0.25, 0.3) is 0 Å². The van der Waals surface area contributed by atoms with Crippen LogP contribution in [0.2, 0.25) is 0 Å². The highest BCUT2D eigenvalue weighted by molar-refractivity contribution is 5.91. The lowest BCUT2D eigenvalue weighted by Gasteiger charge is -2.29. The van der Waals surface area contributed by atoms with Crippen LogP contribution in [0, 0.1) is 5.82 Å². The molecule has 0 atom stereocenters. The van der Waals surface area contributed by atoms with Gasteiger partial charge in [-0.1, -0.05) is 18.2 Å². The van der Waals surface area contributed by atoms with E-state index in [0.29, 0.717) is 24.4 Å². The number of carbonyl (C=O) groups excluding carboxylic acids is 1. The molecule has 0 bridgehead atoms. The van der Waals surface area contributed by atoms with Crippen LogP contribution in [0.3, 0.4) is 0 Å². The second-order valence-corrected chi connectivity index (χ2v) is 7.93. The smallest absolute Gasteiger partial charge is 0.246 e. The first-order chi connectivity index (χ1) is 16.2. The minimum atomic E-state index is -0.507. The lowest BCUT2D eigenvalue weighted by molar-refractivity contribution is -0.127. The van der Waals surface area contributed by atoms with Gasteiger partial charge in [-0.25, -0.2) is 9.37 Å². The number of nitrogens with zero attached hydrogens (tertiary/aromatic N) is 3. The third-order valence-electron chi connectivity index (χ3n) is 5.70. The summed E-state index contributed by atoms with van der Waals surface area (Å²) in [7, 11) is 0. The van der Waals surface area contributed by atoms with Crippen molar-refractivity contribution in [1.82, 2.24) is 14.9 Å². The number of piperidine rings is 1. The maximum Gasteiger partial charge on any atom is 0.246 e. The van der Waals surface area contributed by atoms with Crippen LogP contribution in [0.5, 0.6) is 11.5 Å². The van der Waals surface area contributed by atoms with E-state index in [9.17, 15) is 9.18 Å². The fourth-order valence-corrected chi connectivity index (χ4v) is 3.92. The maximum absolute atomic E-state index is 14.4. The molecule has 0 aliphatic carbocycles. The number of amides is 1. The van der Waals surface area contributed by atoms with Gasteiger partial charge < -0.3 is 14.1 Å². The van der Waals surface area contributed by atoms with Crippen LogP contribution in [0.4, 0.5) is 4.39 Å². The van der Waals surface area contributed by atoms with E-state index in [1.54, 1.807) is 35.4 Å². The molecule has 0 radical (unpaired) electrons. The number of pyridine rings is 1. The summed E-state index contributed by atoms with van der Waals surface area (Å²) in [4.78, 5) is 23.0. The number of carbonyl (C=O) groups is 1. The van der Waals surface area contributed by atoms with E-state index in [1.807, 2.05) is 24.3 Å². The first-order valence-electron chi connectivity index (χ1n) is 10.9. The van der Waals surface area contributed by atoms with Crippen LogP contribution in [-0.4, -0.2) is 33.9 Å². The highest BCUT2D eigenvalue weighted by Crippen LogP contribution is 2.30. The Kier molecular flexibility index (Phi) is 5.85. The molecule has 7 heteroatoms. The Hall–Kier alpha value is -4.00. The quantitative estimate of drug-likeness (QED) is 0.377. The van der Waals surface area contributed by atoms with Gasteiger partial charge in [0.15, 0.2) is 23.0 Å². The number of rotatable bonds is 5. The Balaban J connectivity index is 1.18. The lowest BCUT2D eigenvalue weighted by atomic mass is 9.96. The zero-order valence-electron chi connectivity index (χ0n) is 17.9. The van der Waals surface area contributed by atoms with Gasteiger partial charge in [-0.15, -0.1) is 0 Å². The molecule has 1 aliphatic heterocycles. The Labute approximate surface area is 190 Å². The van der Waals surface area contributed by atoms with Crippen molar-refractivity contribution in [2.45, 2.75) is 18.8 Å². The van der Waals surface area contributed by atoms with Crippen LogP contribution in [0.25, 0.3) is 17.2 Å². The van der Waals surface area contributed by atoms with Gasteiger partial charge in [-0.2, -0.15) is 0 Å². The molecule has 1 amide bonds. The fourth-order valence-electron chi connectivity index (χ4n) is 3.92. The second-order valence-electron chi connectivity index (χ2n) is 7.93. The average Bonchev–Trinajstić information content (AvgIpc) is 3.29. The minimum Gasteiger partial charge on any atom is -0.453 e. The first kappa shape index (κ1) is 20.9. The van der Waals surface area contributed by atoms with E-state index in [4.69, 9.17) is 9.15 Å². The molecule has 6 nitrogen and oxygen atoms in total. The predicted molar refractivity (Wildman–Crippen MR) is 122 cm³/mol. The molecule has 2 aromatic carbocycles. The molecule has 4 aromatic rings. The molecule has 33 heavy (non-hydrogen) atoms. The highest BCUT2D eigenvalue weighted by atomic mass is 19.1. The highest BCUT2D eigenvalue weighted by Gasteiger charge is 2.26. The van der Waals surface area contributed by atoms with Gasteiger partial charge in [-0.3, -0.25) is 9.78 Å². The van der Waals surface area contributed by atoms with Gasteiger partial charge in [0.2, 0.25) is 5.91 Å². The minimum absolute atomic E-state index is 0.0953. The van der Waals surface area contributed by atoms with Crippen molar-refractivity contribution < 1.29 is 18.3 Å². The number of hydrogen-bond donors (Lipinski definition) is 0. The van der Waals surface area contributed by atoms with Crippen LogP contribution >= 0.6 is 0 Å². The number of aromatic nitrogens is 2. The van der Waals surface area contributed by atoms with Gasteiger partial charge >= 0.3 is 0 Å². The number of para-hydroxylation sites is 2. The number of halogens is 1. The number of hydrogen-bond acceptors (Lipinski definition) is 5. The molecule has 3 heterocycles. The van der Waals surface area contributed by atoms with Crippen molar-refractivity contribution >= 4 is 23.1 Å². The Morgan fingerprint density at radius 3 is 2.73 bits per heavy atom. The molecule has 0 unspecified atom stereocenters. The van der Waals surface area contributed by atoms with E-state index in [-0.39, 0.29) is 17.6 Å². The summed E-state index contributed by atoms with van der Waals surface area (Å²) in [6, 6.07) is 15.7. The molecule has 2 aromatic heterocycles. The molecule has 5 rings (SSSR count). The van der Waals surface area contributed by atoms with Crippen LogP contribution < -0.4 is 4.74 Å². The van der Waals surface area contributed by atoms with Gasteiger partial charge in [0, 0.05) is 31.3 Å². The number of fused-ring (bicyclic) bond motifs is 1. The molecule has 1 fully saturated rings. The van der Waals surface area contributed by atoms with Crippen LogP contribution in [0.1, 0.15) is 30.2 Å². The monoisotopic (exact) mass is 443 g/mol. The summed E-state index contributed by atoms with van der Waals surface area (Å²) in [5, 5.41) is 0.